The number of unbranched alkanes of at least 4 members (excludes halogenated alkanes) is 2. The Kier molecular flexibility index (Phi) is 7.72. The SMILES string of the molecule is CN(CCCCCc1cc(-c2cccc(F)c2)n[nH]1)C(=O)CCC1Cc2ccccc2NC1=O. The van der Waals surface area contributed by atoms with Crippen LogP contribution in [-0.2, 0) is 22.4 Å². The van der Waals surface area contributed by atoms with Gasteiger partial charge in [-0.1, -0.05) is 36.8 Å². The number of nitrogens with one attached hydrogen (secondary N) is 2. The highest BCUT2D eigenvalue weighted by atomic mass is 19.1. The molecule has 2 amide bonds. The van der Waals surface area contributed by atoms with E-state index in [1.165, 1.54) is 12.1 Å². The Hall–Kier alpha value is -3.48. The van der Waals surface area contributed by atoms with Gasteiger partial charge in [-0.05, 0) is 61.9 Å². The number of H-pyrrole nitrogens is 1. The molecule has 0 spiro atoms. The van der Waals surface area contributed by atoms with Crippen LogP contribution in [0.4, 0.5) is 10.1 Å². The summed E-state index contributed by atoms with van der Waals surface area (Å²) in [6.45, 7) is 0.704. The molecule has 0 bridgehead atoms. The van der Waals surface area contributed by atoms with Gasteiger partial charge in [-0.3, -0.25) is 14.7 Å². The first-order chi connectivity index (χ1) is 16.5. The van der Waals surface area contributed by atoms with E-state index >= 15 is 0 Å². The van der Waals surface area contributed by atoms with Crippen LogP contribution in [0.15, 0.2) is 54.6 Å². The lowest BCUT2D eigenvalue weighted by Crippen LogP contribution is -2.32. The maximum absolute atomic E-state index is 13.4. The van der Waals surface area contributed by atoms with E-state index in [2.05, 4.69) is 15.5 Å². The highest BCUT2D eigenvalue weighted by Crippen LogP contribution is 2.27. The fourth-order valence-electron chi connectivity index (χ4n) is 4.39. The van der Waals surface area contributed by atoms with Crippen LogP contribution in [0, 0.1) is 11.7 Å². The molecule has 0 saturated carbocycles. The smallest absolute Gasteiger partial charge is 0.227 e. The summed E-state index contributed by atoms with van der Waals surface area (Å²) in [5, 5.41) is 10.3. The number of halogens is 1. The van der Waals surface area contributed by atoms with Crippen molar-refractivity contribution in [3.05, 3.63) is 71.7 Å². The lowest BCUT2D eigenvalue weighted by Gasteiger charge is -2.25. The van der Waals surface area contributed by atoms with E-state index in [9.17, 15) is 14.0 Å². The van der Waals surface area contributed by atoms with Crippen LogP contribution in [0.25, 0.3) is 11.3 Å². The summed E-state index contributed by atoms with van der Waals surface area (Å²) in [5.74, 6) is -0.333. The number of anilines is 1. The van der Waals surface area contributed by atoms with Crippen molar-refractivity contribution < 1.29 is 14.0 Å². The number of carbonyl (C=O) groups excluding carboxylic acids is 2. The van der Waals surface area contributed by atoms with Gasteiger partial charge in [-0.2, -0.15) is 5.10 Å². The molecule has 1 aliphatic heterocycles. The zero-order valence-corrected chi connectivity index (χ0v) is 19.5. The topological polar surface area (TPSA) is 78.1 Å². The van der Waals surface area contributed by atoms with E-state index in [-0.39, 0.29) is 23.5 Å². The van der Waals surface area contributed by atoms with E-state index in [0.717, 1.165) is 53.9 Å². The maximum Gasteiger partial charge on any atom is 0.227 e. The van der Waals surface area contributed by atoms with Crippen molar-refractivity contribution in [1.82, 2.24) is 15.1 Å². The molecule has 2 N–H and O–H groups in total. The number of benzene rings is 2. The van der Waals surface area contributed by atoms with Crippen LogP contribution >= 0.6 is 0 Å². The Balaban J connectivity index is 1.13. The first-order valence-electron chi connectivity index (χ1n) is 11.9. The summed E-state index contributed by atoms with van der Waals surface area (Å²) in [7, 11) is 1.83. The van der Waals surface area contributed by atoms with Crippen molar-refractivity contribution in [2.75, 3.05) is 18.9 Å². The summed E-state index contributed by atoms with van der Waals surface area (Å²) >= 11 is 0. The van der Waals surface area contributed by atoms with E-state index in [1.807, 2.05) is 43.4 Å². The lowest BCUT2D eigenvalue weighted by molar-refractivity contribution is -0.130. The number of amides is 2. The molecule has 0 radical (unpaired) electrons. The van der Waals surface area contributed by atoms with Crippen molar-refractivity contribution >= 4 is 17.5 Å². The molecule has 4 rings (SSSR count). The van der Waals surface area contributed by atoms with Crippen molar-refractivity contribution in [2.45, 2.75) is 44.9 Å². The second kappa shape index (κ2) is 11.1. The molecule has 3 aromatic rings. The fourth-order valence-corrected chi connectivity index (χ4v) is 4.39. The molecule has 178 valence electrons. The number of hydrogen-bond acceptors (Lipinski definition) is 3. The summed E-state index contributed by atoms with van der Waals surface area (Å²) in [4.78, 5) is 26.6. The molecular weight excluding hydrogens is 431 g/mol. The van der Waals surface area contributed by atoms with Crippen LogP contribution in [0.1, 0.15) is 43.4 Å². The van der Waals surface area contributed by atoms with E-state index in [4.69, 9.17) is 0 Å². The summed E-state index contributed by atoms with van der Waals surface area (Å²) in [6.07, 6.45) is 5.39. The zero-order valence-electron chi connectivity index (χ0n) is 19.5. The third-order valence-electron chi connectivity index (χ3n) is 6.44. The maximum atomic E-state index is 13.4. The van der Waals surface area contributed by atoms with Crippen molar-refractivity contribution in [3.8, 4) is 11.3 Å². The number of fused-ring (bicyclic) bond motifs is 1. The lowest BCUT2D eigenvalue weighted by atomic mass is 9.89. The number of hydrogen-bond donors (Lipinski definition) is 2. The van der Waals surface area contributed by atoms with Crippen LogP contribution in [0.2, 0.25) is 0 Å². The van der Waals surface area contributed by atoms with Crippen LogP contribution in [0.3, 0.4) is 0 Å². The van der Waals surface area contributed by atoms with Gasteiger partial charge in [0.25, 0.3) is 0 Å². The third-order valence-corrected chi connectivity index (χ3v) is 6.44. The van der Waals surface area contributed by atoms with Crippen molar-refractivity contribution in [1.29, 1.82) is 0 Å². The summed E-state index contributed by atoms with van der Waals surface area (Å²) in [6, 6.07) is 16.2. The number of carbonyl (C=O) groups is 2. The molecule has 0 saturated heterocycles. The predicted molar refractivity (Wildman–Crippen MR) is 131 cm³/mol. The van der Waals surface area contributed by atoms with Gasteiger partial charge in [0, 0.05) is 42.9 Å². The Morgan fingerprint density at radius 2 is 1.97 bits per heavy atom. The second-order valence-electron chi connectivity index (χ2n) is 9.00. The van der Waals surface area contributed by atoms with Gasteiger partial charge in [0.05, 0.1) is 5.69 Å². The van der Waals surface area contributed by atoms with Crippen LogP contribution in [-0.4, -0.2) is 40.5 Å². The molecule has 34 heavy (non-hydrogen) atoms. The summed E-state index contributed by atoms with van der Waals surface area (Å²) in [5.41, 5.74) is 4.55. The zero-order chi connectivity index (χ0) is 23.9. The normalized spacial score (nSPS) is 15.0. The number of rotatable bonds is 10. The summed E-state index contributed by atoms with van der Waals surface area (Å²) < 4.78 is 13.4. The number of aromatic amines is 1. The molecule has 2 aromatic carbocycles. The van der Waals surface area contributed by atoms with Gasteiger partial charge in [-0.25, -0.2) is 4.39 Å². The standard InChI is InChI=1S/C27H31FN4O2/c1-32(26(33)14-13-21-16-19-8-4-5-12-24(19)29-27(21)34)15-6-2-3-11-23-18-25(31-30-23)20-9-7-10-22(28)17-20/h4-5,7-10,12,17-18,21H,2-3,6,11,13-16H2,1H3,(H,29,34)(H,30,31). The third kappa shape index (κ3) is 6.10. The van der Waals surface area contributed by atoms with Gasteiger partial charge >= 0.3 is 0 Å². The first kappa shape index (κ1) is 23.7. The molecule has 1 aromatic heterocycles. The molecule has 2 heterocycles. The van der Waals surface area contributed by atoms with Gasteiger partial charge in [0.2, 0.25) is 11.8 Å². The predicted octanol–water partition coefficient (Wildman–Crippen LogP) is 4.98. The number of aryl methyl sites for hydroxylation is 1. The minimum Gasteiger partial charge on any atom is -0.346 e. The fraction of sp³-hybridized carbons (Fsp3) is 0.370. The minimum absolute atomic E-state index is 0.00789. The molecular formula is C27H31FN4O2. The highest BCUT2D eigenvalue weighted by Gasteiger charge is 2.26. The highest BCUT2D eigenvalue weighted by molar-refractivity contribution is 5.96. The van der Waals surface area contributed by atoms with E-state index in [1.54, 1.807) is 11.0 Å². The van der Waals surface area contributed by atoms with E-state index < -0.39 is 0 Å². The van der Waals surface area contributed by atoms with E-state index in [0.29, 0.717) is 25.8 Å². The van der Waals surface area contributed by atoms with Crippen LogP contribution in [0.5, 0.6) is 0 Å². The second-order valence-corrected chi connectivity index (χ2v) is 9.00. The largest absolute Gasteiger partial charge is 0.346 e. The van der Waals surface area contributed by atoms with Crippen molar-refractivity contribution in [3.63, 3.8) is 0 Å². The number of nitrogens with zero attached hydrogens (tertiary/aromatic N) is 2. The molecule has 0 fully saturated rings. The Labute approximate surface area is 199 Å². The van der Waals surface area contributed by atoms with Gasteiger partial charge in [0.15, 0.2) is 0 Å². The van der Waals surface area contributed by atoms with Gasteiger partial charge < -0.3 is 10.2 Å². The molecule has 7 heteroatoms. The Morgan fingerprint density at radius 3 is 2.82 bits per heavy atom. The van der Waals surface area contributed by atoms with Crippen LogP contribution < -0.4 is 5.32 Å². The Morgan fingerprint density at radius 1 is 1.12 bits per heavy atom. The first-order valence-corrected chi connectivity index (χ1v) is 11.9. The van der Waals surface area contributed by atoms with Gasteiger partial charge in [-0.15, -0.1) is 0 Å². The molecule has 1 atom stereocenters. The molecule has 0 aliphatic carbocycles. The average molecular weight is 463 g/mol. The quantitative estimate of drug-likeness (QED) is 0.417. The molecule has 6 nitrogen and oxygen atoms in total. The molecule has 1 unspecified atom stereocenters. The molecule has 1 aliphatic rings. The monoisotopic (exact) mass is 462 g/mol. The Bertz CT molecular complexity index is 1140. The van der Waals surface area contributed by atoms with Gasteiger partial charge in [0.1, 0.15) is 5.82 Å². The van der Waals surface area contributed by atoms with Crippen molar-refractivity contribution in [2.24, 2.45) is 5.92 Å². The number of para-hydroxylation sites is 1. The average Bonchev–Trinajstić information content (AvgIpc) is 3.31. The number of aromatic nitrogens is 2. The minimum atomic E-state index is -0.270.